The number of hydrogen-bond donors (Lipinski definition) is 2. The Labute approximate surface area is 110 Å². The van der Waals surface area contributed by atoms with Crippen molar-refractivity contribution in [2.45, 2.75) is 39.7 Å². The summed E-state index contributed by atoms with van der Waals surface area (Å²) in [7, 11) is 0. The number of nitrogens with one attached hydrogen (secondary N) is 2. The molecule has 0 aliphatic carbocycles. The highest BCUT2D eigenvalue weighted by molar-refractivity contribution is 4.99. The Morgan fingerprint density at radius 3 is 2.89 bits per heavy atom. The number of imidazole rings is 1. The summed E-state index contributed by atoms with van der Waals surface area (Å²) in [5, 5.41) is 3.47. The summed E-state index contributed by atoms with van der Waals surface area (Å²) in [5.41, 5.74) is 1.18. The van der Waals surface area contributed by atoms with Gasteiger partial charge in [-0.2, -0.15) is 0 Å². The van der Waals surface area contributed by atoms with Crippen molar-refractivity contribution >= 4 is 0 Å². The summed E-state index contributed by atoms with van der Waals surface area (Å²) < 4.78 is 0. The summed E-state index contributed by atoms with van der Waals surface area (Å²) in [5.74, 6) is 1.93. The van der Waals surface area contributed by atoms with E-state index in [2.05, 4.69) is 27.1 Å². The largest absolute Gasteiger partial charge is 0.345 e. The molecule has 0 saturated carbocycles. The zero-order valence-electron chi connectivity index (χ0n) is 11.7. The zero-order valence-corrected chi connectivity index (χ0v) is 11.7. The van der Waals surface area contributed by atoms with E-state index in [4.69, 9.17) is 0 Å². The predicted molar refractivity (Wildman–Crippen MR) is 74.5 cm³/mol. The average molecular weight is 250 g/mol. The number of aryl methyl sites for hydroxylation is 1. The third-order valence-electron chi connectivity index (χ3n) is 3.78. The van der Waals surface area contributed by atoms with Gasteiger partial charge in [-0.3, -0.25) is 0 Å². The van der Waals surface area contributed by atoms with E-state index >= 15 is 0 Å². The molecule has 1 aliphatic heterocycles. The lowest BCUT2D eigenvalue weighted by Gasteiger charge is -2.30. The van der Waals surface area contributed by atoms with Crippen molar-refractivity contribution < 1.29 is 0 Å². The third-order valence-corrected chi connectivity index (χ3v) is 3.78. The maximum Gasteiger partial charge on any atom is 0.103 e. The number of piperidine rings is 1. The lowest BCUT2D eigenvalue weighted by molar-refractivity contribution is 0.190. The first-order chi connectivity index (χ1) is 8.74. The first-order valence-corrected chi connectivity index (χ1v) is 7.17. The van der Waals surface area contributed by atoms with Gasteiger partial charge in [0.15, 0.2) is 0 Å². The number of hydrogen-bond acceptors (Lipinski definition) is 3. The average Bonchev–Trinajstić information content (AvgIpc) is 2.77. The van der Waals surface area contributed by atoms with Crippen LogP contribution in [0.25, 0.3) is 0 Å². The quantitative estimate of drug-likeness (QED) is 0.758. The van der Waals surface area contributed by atoms with Gasteiger partial charge < -0.3 is 15.2 Å². The Bertz CT molecular complexity index is 339. The summed E-state index contributed by atoms with van der Waals surface area (Å²) in [4.78, 5) is 10.0. The van der Waals surface area contributed by atoms with E-state index in [1.807, 2.05) is 13.1 Å². The summed E-state index contributed by atoms with van der Waals surface area (Å²) in [6.45, 7) is 10.2. The van der Waals surface area contributed by atoms with Crippen molar-refractivity contribution in [1.82, 2.24) is 20.2 Å². The highest BCUT2D eigenvalue weighted by Crippen LogP contribution is 2.15. The van der Waals surface area contributed by atoms with Crippen molar-refractivity contribution in [3.05, 3.63) is 17.7 Å². The van der Waals surface area contributed by atoms with Crippen LogP contribution in [0.15, 0.2) is 6.20 Å². The normalized spacial score (nSPS) is 18.3. The van der Waals surface area contributed by atoms with Gasteiger partial charge in [-0.25, -0.2) is 4.98 Å². The Balaban J connectivity index is 1.51. The lowest BCUT2D eigenvalue weighted by Crippen LogP contribution is -2.34. The fourth-order valence-corrected chi connectivity index (χ4v) is 2.50. The van der Waals surface area contributed by atoms with Gasteiger partial charge in [-0.1, -0.05) is 6.92 Å². The molecule has 0 unspecified atom stereocenters. The number of nitrogens with zero attached hydrogens (tertiary/aromatic N) is 2. The Morgan fingerprint density at radius 2 is 2.22 bits per heavy atom. The van der Waals surface area contributed by atoms with Crippen molar-refractivity contribution in [3.63, 3.8) is 0 Å². The first-order valence-electron chi connectivity index (χ1n) is 7.17. The standard InChI is InChI=1S/C14H26N4/c1-12-4-8-18(9-5-12)7-3-6-15-10-14-11-16-13(2)17-14/h11-12,15H,3-10H2,1-2H3,(H,16,17). The highest BCUT2D eigenvalue weighted by atomic mass is 15.1. The molecule has 4 nitrogen and oxygen atoms in total. The van der Waals surface area contributed by atoms with E-state index in [9.17, 15) is 0 Å². The molecule has 0 aromatic carbocycles. The van der Waals surface area contributed by atoms with Gasteiger partial charge in [0.2, 0.25) is 0 Å². The second-order valence-electron chi connectivity index (χ2n) is 5.55. The summed E-state index contributed by atoms with van der Waals surface area (Å²) in [6.07, 6.45) is 5.90. The van der Waals surface area contributed by atoms with E-state index in [-0.39, 0.29) is 0 Å². The van der Waals surface area contributed by atoms with Crippen molar-refractivity contribution in [2.24, 2.45) is 5.92 Å². The molecule has 2 rings (SSSR count). The summed E-state index contributed by atoms with van der Waals surface area (Å²) >= 11 is 0. The van der Waals surface area contributed by atoms with Gasteiger partial charge in [-0.05, 0) is 58.3 Å². The van der Waals surface area contributed by atoms with Crippen LogP contribution in [0.1, 0.15) is 37.7 Å². The van der Waals surface area contributed by atoms with Crippen LogP contribution in [-0.4, -0.2) is 41.0 Å². The minimum atomic E-state index is 0.901. The van der Waals surface area contributed by atoms with Crippen LogP contribution >= 0.6 is 0 Å². The minimum Gasteiger partial charge on any atom is -0.345 e. The van der Waals surface area contributed by atoms with Crippen molar-refractivity contribution in [3.8, 4) is 0 Å². The highest BCUT2D eigenvalue weighted by Gasteiger charge is 2.14. The van der Waals surface area contributed by atoms with Gasteiger partial charge in [0, 0.05) is 18.4 Å². The molecule has 18 heavy (non-hydrogen) atoms. The molecule has 1 aliphatic rings. The van der Waals surface area contributed by atoms with Gasteiger partial charge in [-0.15, -0.1) is 0 Å². The molecule has 1 saturated heterocycles. The summed E-state index contributed by atoms with van der Waals surface area (Å²) in [6, 6.07) is 0. The second-order valence-corrected chi connectivity index (χ2v) is 5.55. The molecule has 1 aromatic heterocycles. The fraction of sp³-hybridized carbons (Fsp3) is 0.786. The maximum atomic E-state index is 4.19. The van der Waals surface area contributed by atoms with Gasteiger partial charge in [0.1, 0.15) is 5.82 Å². The molecule has 4 heteroatoms. The topological polar surface area (TPSA) is 44.0 Å². The van der Waals surface area contributed by atoms with Gasteiger partial charge in [0.05, 0.1) is 0 Å². The molecular weight excluding hydrogens is 224 g/mol. The SMILES string of the molecule is Cc1ncc(CNCCCN2CCC(C)CC2)[nH]1. The number of rotatable bonds is 6. The zero-order chi connectivity index (χ0) is 12.8. The molecule has 0 radical (unpaired) electrons. The Kier molecular flexibility index (Phi) is 5.20. The molecule has 2 heterocycles. The predicted octanol–water partition coefficient (Wildman–Crippen LogP) is 1.93. The molecule has 2 N–H and O–H groups in total. The monoisotopic (exact) mass is 250 g/mol. The second kappa shape index (κ2) is 6.90. The molecule has 0 atom stereocenters. The van der Waals surface area contributed by atoms with Crippen LogP contribution < -0.4 is 5.32 Å². The number of aromatic nitrogens is 2. The Morgan fingerprint density at radius 1 is 1.44 bits per heavy atom. The van der Waals surface area contributed by atoms with E-state index in [0.29, 0.717) is 0 Å². The van der Waals surface area contributed by atoms with Crippen molar-refractivity contribution in [2.75, 3.05) is 26.2 Å². The number of likely N-dealkylation sites (tertiary alicyclic amines) is 1. The number of aromatic amines is 1. The van der Waals surface area contributed by atoms with Gasteiger partial charge >= 0.3 is 0 Å². The van der Waals surface area contributed by atoms with Crippen LogP contribution in [-0.2, 0) is 6.54 Å². The Hall–Kier alpha value is -0.870. The van der Waals surface area contributed by atoms with Crippen molar-refractivity contribution in [1.29, 1.82) is 0 Å². The first kappa shape index (κ1) is 13.6. The third kappa shape index (κ3) is 4.42. The number of H-pyrrole nitrogens is 1. The van der Waals surface area contributed by atoms with E-state index in [0.717, 1.165) is 24.8 Å². The van der Waals surface area contributed by atoms with Crippen LogP contribution in [0.4, 0.5) is 0 Å². The van der Waals surface area contributed by atoms with Gasteiger partial charge in [0.25, 0.3) is 0 Å². The van der Waals surface area contributed by atoms with E-state index in [1.54, 1.807) is 0 Å². The van der Waals surface area contributed by atoms with E-state index < -0.39 is 0 Å². The molecular formula is C14H26N4. The minimum absolute atomic E-state index is 0.901. The fourth-order valence-electron chi connectivity index (χ4n) is 2.50. The van der Waals surface area contributed by atoms with E-state index in [1.165, 1.54) is 44.6 Å². The van der Waals surface area contributed by atoms with Crippen LogP contribution in [0, 0.1) is 12.8 Å². The molecule has 1 fully saturated rings. The van der Waals surface area contributed by atoms with Crippen LogP contribution in [0.3, 0.4) is 0 Å². The molecule has 0 amide bonds. The smallest absolute Gasteiger partial charge is 0.103 e. The molecule has 0 bridgehead atoms. The van der Waals surface area contributed by atoms with Crippen LogP contribution in [0.2, 0.25) is 0 Å². The maximum absolute atomic E-state index is 4.19. The van der Waals surface area contributed by atoms with Crippen LogP contribution in [0.5, 0.6) is 0 Å². The molecule has 0 spiro atoms. The molecule has 1 aromatic rings. The molecule has 102 valence electrons. The lowest BCUT2D eigenvalue weighted by atomic mass is 9.99.